The SMILES string of the molecule is CC1(C)C(c2ccc(Cl)cc2)=Nc2ccc(C3=NNC(=O)CC3)cc21. The van der Waals surface area contributed by atoms with Gasteiger partial charge in [0, 0.05) is 23.3 Å². The van der Waals surface area contributed by atoms with E-state index in [1.54, 1.807) is 0 Å². The molecule has 0 saturated carbocycles. The lowest BCUT2D eigenvalue weighted by molar-refractivity contribution is -0.121. The van der Waals surface area contributed by atoms with Crippen molar-refractivity contribution in [1.82, 2.24) is 5.43 Å². The molecule has 25 heavy (non-hydrogen) atoms. The van der Waals surface area contributed by atoms with E-state index >= 15 is 0 Å². The Morgan fingerprint density at radius 3 is 2.44 bits per heavy atom. The van der Waals surface area contributed by atoms with Crippen LogP contribution in [0.4, 0.5) is 5.69 Å². The van der Waals surface area contributed by atoms with Crippen molar-refractivity contribution in [3.8, 4) is 0 Å². The minimum atomic E-state index is -0.211. The van der Waals surface area contributed by atoms with Gasteiger partial charge in [-0.25, -0.2) is 5.43 Å². The summed E-state index contributed by atoms with van der Waals surface area (Å²) in [4.78, 5) is 16.2. The van der Waals surface area contributed by atoms with E-state index in [0.717, 1.165) is 33.3 Å². The van der Waals surface area contributed by atoms with E-state index in [-0.39, 0.29) is 11.3 Å². The van der Waals surface area contributed by atoms with Crippen molar-refractivity contribution in [2.24, 2.45) is 10.1 Å². The fourth-order valence-corrected chi connectivity index (χ4v) is 3.54. The Morgan fingerprint density at radius 2 is 1.76 bits per heavy atom. The van der Waals surface area contributed by atoms with Gasteiger partial charge in [0.15, 0.2) is 0 Å². The quantitative estimate of drug-likeness (QED) is 0.858. The van der Waals surface area contributed by atoms with E-state index in [1.165, 1.54) is 5.56 Å². The van der Waals surface area contributed by atoms with E-state index in [0.29, 0.717) is 12.8 Å². The van der Waals surface area contributed by atoms with Crippen LogP contribution in [0.3, 0.4) is 0 Å². The van der Waals surface area contributed by atoms with Gasteiger partial charge in [-0.05, 0) is 41.0 Å². The third-order valence-electron chi connectivity index (χ3n) is 4.85. The largest absolute Gasteiger partial charge is 0.273 e. The number of hydrazone groups is 1. The Hall–Kier alpha value is -2.46. The number of nitrogens with zero attached hydrogens (tertiary/aromatic N) is 2. The summed E-state index contributed by atoms with van der Waals surface area (Å²) in [6.45, 7) is 4.36. The van der Waals surface area contributed by atoms with E-state index < -0.39 is 0 Å². The molecule has 0 atom stereocenters. The molecule has 2 aromatic carbocycles. The smallest absolute Gasteiger partial charge is 0.240 e. The normalized spacial score (nSPS) is 18.3. The molecule has 0 aromatic heterocycles. The Bertz CT molecular complexity index is 926. The van der Waals surface area contributed by atoms with E-state index in [1.807, 2.05) is 36.4 Å². The molecule has 2 aliphatic rings. The van der Waals surface area contributed by atoms with Gasteiger partial charge in [-0.1, -0.05) is 43.6 Å². The van der Waals surface area contributed by atoms with Gasteiger partial charge in [0.25, 0.3) is 0 Å². The first-order valence-corrected chi connectivity index (χ1v) is 8.68. The van der Waals surface area contributed by atoms with Crippen LogP contribution in [0.25, 0.3) is 0 Å². The summed E-state index contributed by atoms with van der Waals surface area (Å²) >= 11 is 6.01. The van der Waals surface area contributed by atoms with Gasteiger partial charge in [0.2, 0.25) is 5.91 Å². The highest BCUT2D eigenvalue weighted by Crippen LogP contribution is 2.42. The number of rotatable bonds is 2. The van der Waals surface area contributed by atoms with E-state index in [4.69, 9.17) is 16.6 Å². The van der Waals surface area contributed by atoms with Crippen LogP contribution in [0, 0.1) is 0 Å². The summed E-state index contributed by atoms with van der Waals surface area (Å²) < 4.78 is 0. The molecule has 0 fully saturated rings. The van der Waals surface area contributed by atoms with Crippen LogP contribution in [0.5, 0.6) is 0 Å². The molecular formula is C20H18ClN3O. The van der Waals surface area contributed by atoms with E-state index in [2.05, 4.69) is 30.4 Å². The van der Waals surface area contributed by atoms with Crippen LogP contribution >= 0.6 is 11.6 Å². The fraction of sp³-hybridized carbons (Fsp3) is 0.250. The zero-order valence-electron chi connectivity index (χ0n) is 14.1. The second-order valence-electron chi connectivity index (χ2n) is 6.92. The molecule has 4 rings (SSSR count). The highest BCUT2D eigenvalue weighted by molar-refractivity contribution is 6.30. The average molecular weight is 352 g/mol. The van der Waals surface area contributed by atoms with Crippen LogP contribution in [-0.2, 0) is 10.2 Å². The van der Waals surface area contributed by atoms with Crippen molar-refractivity contribution in [3.05, 3.63) is 64.2 Å². The molecule has 0 aliphatic carbocycles. The van der Waals surface area contributed by atoms with Gasteiger partial charge >= 0.3 is 0 Å². The number of aliphatic imine (C=N–C) groups is 1. The number of carbonyl (C=O) groups excluding carboxylic acids is 1. The standard InChI is InChI=1S/C20H18ClN3O/c1-20(2)15-11-13(16-9-10-18(25)24-23-16)5-8-17(15)22-19(20)12-3-6-14(21)7-4-12/h3-8,11H,9-10H2,1-2H3,(H,24,25). The monoisotopic (exact) mass is 351 g/mol. The number of hydrogen-bond donors (Lipinski definition) is 1. The molecule has 1 amide bonds. The van der Waals surface area contributed by atoms with Crippen molar-refractivity contribution in [2.75, 3.05) is 0 Å². The molecule has 2 heterocycles. The number of fused-ring (bicyclic) bond motifs is 1. The van der Waals surface area contributed by atoms with Gasteiger partial charge < -0.3 is 0 Å². The van der Waals surface area contributed by atoms with Crippen LogP contribution in [0.15, 0.2) is 52.6 Å². The van der Waals surface area contributed by atoms with Crippen LogP contribution in [0.2, 0.25) is 5.02 Å². The minimum Gasteiger partial charge on any atom is -0.273 e. The van der Waals surface area contributed by atoms with Gasteiger partial charge in [0.1, 0.15) is 0 Å². The molecule has 0 spiro atoms. The van der Waals surface area contributed by atoms with Crippen molar-refractivity contribution >= 4 is 34.6 Å². The average Bonchev–Trinajstić information content (AvgIpc) is 2.87. The second kappa shape index (κ2) is 5.81. The maximum Gasteiger partial charge on any atom is 0.240 e. The Morgan fingerprint density at radius 1 is 1.04 bits per heavy atom. The third-order valence-corrected chi connectivity index (χ3v) is 5.10. The highest BCUT2D eigenvalue weighted by atomic mass is 35.5. The van der Waals surface area contributed by atoms with Crippen LogP contribution in [0.1, 0.15) is 43.4 Å². The van der Waals surface area contributed by atoms with E-state index in [9.17, 15) is 4.79 Å². The molecule has 0 bridgehead atoms. The summed E-state index contributed by atoms with van der Waals surface area (Å²) in [6.07, 6.45) is 1.14. The van der Waals surface area contributed by atoms with Crippen molar-refractivity contribution in [3.63, 3.8) is 0 Å². The number of amides is 1. The van der Waals surface area contributed by atoms with Crippen LogP contribution < -0.4 is 5.43 Å². The van der Waals surface area contributed by atoms with Crippen molar-refractivity contribution in [1.29, 1.82) is 0 Å². The molecule has 2 aliphatic heterocycles. The number of hydrogen-bond acceptors (Lipinski definition) is 3. The lowest BCUT2D eigenvalue weighted by atomic mass is 9.78. The lowest BCUT2D eigenvalue weighted by Crippen LogP contribution is -2.27. The molecule has 4 nitrogen and oxygen atoms in total. The molecule has 0 unspecified atom stereocenters. The molecule has 0 radical (unpaired) electrons. The lowest BCUT2D eigenvalue weighted by Gasteiger charge is -2.23. The first-order valence-electron chi connectivity index (χ1n) is 8.30. The number of nitrogens with one attached hydrogen (secondary N) is 1. The summed E-state index contributed by atoms with van der Waals surface area (Å²) in [5.74, 6) is -0.0291. The minimum absolute atomic E-state index is 0.0291. The molecule has 1 N–H and O–H groups in total. The maximum atomic E-state index is 11.3. The van der Waals surface area contributed by atoms with Gasteiger partial charge in [-0.15, -0.1) is 0 Å². The molecule has 0 saturated heterocycles. The predicted octanol–water partition coefficient (Wildman–Crippen LogP) is 4.37. The molecule has 2 aromatic rings. The first kappa shape index (κ1) is 16.0. The molecule has 126 valence electrons. The second-order valence-corrected chi connectivity index (χ2v) is 7.35. The first-order chi connectivity index (χ1) is 11.9. The number of benzene rings is 2. The third kappa shape index (κ3) is 2.76. The van der Waals surface area contributed by atoms with Gasteiger partial charge in [0.05, 0.1) is 17.1 Å². The van der Waals surface area contributed by atoms with Crippen molar-refractivity contribution in [2.45, 2.75) is 32.1 Å². The topological polar surface area (TPSA) is 53.8 Å². The fourth-order valence-electron chi connectivity index (χ4n) is 3.42. The van der Waals surface area contributed by atoms with Crippen molar-refractivity contribution < 1.29 is 4.79 Å². The Kier molecular flexibility index (Phi) is 3.73. The zero-order chi connectivity index (χ0) is 17.6. The summed E-state index contributed by atoms with van der Waals surface area (Å²) in [7, 11) is 0. The Balaban J connectivity index is 1.72. The van der Waals surface area contributed by atoms with Gasteiger partial charge in [-0.2, -0.15) is 5.10 Å². The highest BCUT2D eigenvalue weighted by Gasteiger charge is 2.36. The van der Waals surface area contributed by atoms with Gasteiger partial charge in [-0.3, -0.25) is 9.79 Å². The summed E-state index contributed by atoms with van der Waals surface area (Å²) in [6, 6.07) is 14.0. The molecule has 5 heteroatoms. The number of halogens is 1. The predicted molar refractivity (Wildman–Crippen MR) is 101 cm³/mol. The summed E-state index contributed by atoms with van der Waals surface area (Å²) in [5, 5.41) is 4.93. The molecular weight excluding hydrogens is 334 g/mol. The zero-order valence-corrected chi connectivity index (χ0v) is 14.9. The Labute approximate surface area is 151 Å². The summed E-state index contributed by atoms with van der Waals surface area (Å²) in [5.41, 5.74) is 8.59. The maximum absolute atomic E-state index is 11.3. The van der Waals surface area contributed by atoms with Crippen LogP contribution in [-0.4, -0.2) is 17.3 Å². The number of carbonyl (C=O) groups is 1.